The van der Waals surface area contributed by atoms with Crippen LogP contribution in [0.4, 0.5) is 61.5 Å². The molecule has 196 valence electrons. The zero-order valence-corrected chi connectivity index (χ0v) is 15.9. The van der Waals surface area contributed by atoms with Crippen LogP contribution in [-0.4, -0.2) is 61.2 Å². The molecule has 0 saturated carbocycles. The first-order chi connectivity index (χ1) is 14.5. The van der Waals surface area contributed by atoms with Crippen LogP contribution in [0.3, 0.4) is 0 Å². The third-order valence-electron chi connectivity index (χ3n) is 3.72. The second-order valence-electron chi connectivity index (χ2n) is 6.44. The minimum Gasteiger partial charge on any atom is -0.459 e. The van der Waals surface area contributed by atoms with Crippen molar-refractivity contribution >= 4 is 11.9 Å². The highest BCUT2D eigenvalue weighted by molar-refractivity contribution is 5.70. The highest BCUT2D eigenvalue weighted by atomic mass is 19.4. The first-order valence-corrected chi connectivity index (χ1v) is 8.45. The van der Waals surface area contributed by atoms with Gasteiger partial charge < -0.3 is 9.47 Å². The lowest BCUT2D eigenvalue weighted by Crippen LogP contribution is -2.54. The predicted molar refractivity (Wildman–Crippen MR) is 76.9 cm³/mol. The summed E-state index contributed by atoms with van der Waals surface area (Å²) in [6, 6.07) is 0. The first-order valence-electron chi connectivity index (χ1n) is 8.45. The van der Waals surface area contributed by atoms with Gasteiger partial charge in [-0.2, -0.15) is 61.5 Å². The summed E-state index contributed by atoms with van der Waals surface area (Å²) in [6.07, 6.45) is -15.7. The van der Waals surface area contributed by atoms with Gasteiger partial charge in [-0.15, -0.1) is 0 Å². The Morgan fingerprint density at radius 1 is 0.485 bits per heavy atom. The van der Waals surface area contributed by atoms with Gasteiger partial charge in [0.25, 0.3) is 0 Å². The number of ether oxygens (including phenoxy) is 2. The fourth-order valence-electron chi connectivity index (χ4n) is 1.80. The maximum Gasteiger partial charge on any atom is 0.460 e. The lowest BCUT2D eigenvalue weighted by Gasteiger charge is -2.27. The van der Waals surface area contributed by atoms with E-state index in [0.717, 1.165) is 0 Å². The van der Waals surface area contributed by atoms with E-state index in [9.17, 15) is 71.1 Å². The summed E-state index contributed by atoms with van der Waals surface area (Å²) in [4.78, 5) is 22.3. The van der Waals surface area contributed by atoms with Gasteiger partial charge >= 0.3 is 48.0 Å². The molecule has 0 heterocycles. The van der Waals surface area contributed by atoms with Gasteiger partial charge in [0.2, 0.25) is 0 Å². The molecule has 18 heteroatoms. The molecule has 33 heavy (non-hydrogen) atoms. The van der Waals surface area contributed by atoms with Crippen LogP contribution in [-0.2, 0) is 19.1 Å². The molecule has 0 radical (unpaired) electrons. The van der Waals surface area contributed by atoms with Crippen LogP contribution >= 0.6 is 0 Å². The molecule has 0 aromatic heterocycles. The van der Waals surface area contributed by atoms with Gasteiger partial charge in [-0.3, -0.25) is 9.59 Å². The number of hydrogen-bond donors (Lipinski definition) is 0. The molecule has 0 aromatic carbocycles. The normalized spacial score (nSPS) is 14.2. The van der Waals surface area contributed by atoms with Crippen LogP contribution in [0.1, 0.15) is 32.1 Å². The van der Waals surface area contributed by atoms with Crippen molar-refractivity contribution in [2.75, 3.05) is 13.2 Å². The predicted octanol–water partition coefficient (Wildman–Crippen LogP) is 5.69. The monoisotopic (exact) mass is 524 g/mol. The van der Waals surface area contributed by atoms with E-state index in [1.54, 1.807) is 0 Å². The number of hydrogen-bond acceptors (Lipinski definition) is 4. The van der Waals surface area contributed by atoms with Crippen LogP contribution in [0.2, 0.25) is 0 Å². The van der Waals surface area contributed by atoms with E-state index in [1.165, 1.54) is 0 Å². The molecule has 4 nitrogen and oxygen atoms in total. The quantitative estimate of drug-likeness (QED) is 0.187. The van der Waals surface area contributed by atoms with E-state index in [-0.39, 0.29) is 19.3 Å². The van der Waals surface area contributed by atoms with Crippen LogP contribution in [0.5, 0.6) is 0 Å². The number of carbonyl (C=O) groups is 2. The van der Waals surface area contributed by atoms with Gasteiger partial charge in [-0.05, 0) is 12.8 Å². The summed E-state index contributed by atoms with van der Waals surface area (Å²) in [6.45, 7) is -5.19. The Balaban J connectivity index is 4.31. The van der Waals surface area contributed by atoms with Crippen molar-refractivity contribution in [1.29, 1.82) is 0 Å². The zero-order valence-electron chi connectivity index (χ0n) is 15.9. The van der Waals surface area contributed by atoms with Crippen molar-refractivity contribution in [2.24, 2.45) is 0 Å². The average Bonchev–Trinajstić information content (AvgIpc) is 2.62. The molecule has 0 saturated heterocycles. The maximum absolute atomic E-state index is 12.9. The molecule has 0 spiro atoms. The van der Waals surface area contributed by atoms with Gasteiger partial charge in [-0.25, -0.2) is 0 Å². The standard InChI is InChI=1S/C15H14F14O4/c16-10(17,12(20,21)14(24,25)26)6-32-8(30)4-2-1-3-5-9(31)33-7-11(18,19)13(22,23)15(27,28)29/h1-7H2. The third-order valence-corrected chi connectivity index (χ3v) is 3.72. The molecule has 0 unspecified atom stereocenters. The summed E-state index contributed by atoms with van der Waals surface area (Å²) in [5.74, 6) is -27.7. The van der Waals surface area contributed by atoms with Gasteiger partial charge in [-0.1, -0.05) is 6.42 Å². The Kier molecular flexibility index (Phi) is 9.83. The minimum absolute atomic E-state index is 0.214. The van der Waals surface area contributed by atoms with E-state index in [1.807, 2.05) is 0 Å². The van der Waals surface area contributed by atoms with Crippen LogP contribution in [0.15, 0.2) is 0 Å². The first kappa shape index (κ1) is 31.0. The Bertz CT molecular complexity index is 612. The minimum atomic E-state index is -6.62. The van der Waals surface area contributed by atoms with Crippen molar-refractivity contribution in [3.63, 3.8) is 0 Å². The molecular formula is C15H14F14O4. The van der Waals surface area contributed by atoms with Crippen LogP contribution < -0.4 is 0 Å². The van der Waals surface area contributed by atoms with E-state index >= 15 is 0 Å². The Morgan fingerprint density at radius 2 is 0.758 bits per heavy atom. The Morgan fingerprint density at radius 3 is 1.00 bits per heavy atom. The number of alkyl halides is 14. The van der Waals surface area contributed by atoms with Gasteiger partial charge in [0, 0.05) is 12.8 Å². The van der Waals surface area contributed by atoms with E-state index in [0.29, 0.717) is 0 Å². The Hall–Kier alpha value is -2.04. The van der Waals surface area contributed by atoms with Gasteiger partial charge in [0.1, 0.15) is 0 Å². The molecule has 0 aliphatic rings. The number of halogens is 14. The van der Waals surface area contributed by atoms with Crippen molar-refractivity contribution in [1.82, 2.24) is 0 Å². The SMILES string of the molecule is O=C(CCCCCC(=O)OCC(F)(F)C(F)(F)C(F)(F)F)OCC(F)(F)C(F)(F)C(F)(F)F. The van der Waals surface area contributed by atoms with E-state index in [4.69, 9.17) is 0 Å². The van der Waals surface area contributed by atoms with Crippen molar-refractivity contribution < 1.29 is 80.5 Å². The van der Waals surface area contributed by atoms with Crippen molar-refractivity contribution in [3.8, 4) is 0 Å². The van der Waals surface area contributed by atoms with E-state index < -0.39 is 74.0 Å². The van der Waals surface area contributed by atoms with E-state index in [2.05, 4.69) is 9.47 Å². The molecule has 0 aromatic rings. The molecule has 0 fully saturated rings. The number of unbranched alkanes of at least 4 members (excludes halogenated alkanes) is 2. The summed E-state index contributed by atoms with van der Waals surface area (Å²) >= 11 is 0. The topological polar surface area (TPSA) is 52.6 Å². The Labute approximate surface area is 175 Å². The lowest BCUT2D eigenvalue weighted by atomic mass is 10.1. The van der Waals surface area contributed by atoms with Gasteiger partial charge in [0.05, 0.1) is 0 Å². The fraction of sp³-hybridized carbons (Fsp3) is 0.867. The van der Waals surface area contributed by atoms with Gasteiger partial charge in [0.15, 0.2) is 13.2 Å². The second kappa shape index (κ2) is 10.5. The number of carbonyl (C=O) groups excluding carboxylic acids is 2. The second-order valence-corrected chi connectivity index (χ2v) is 6.44. The summed E-state index contributed by atoms with van der Waals surface area (Å²) in [5.41, 5.74) is 0. The third kappa shape index (κ3) is 8.04. The number of esters is 2. The molecule has 0 bridgehead atoms. The fourth-order valence-corrected chi connectivity index (χ4v) is 1.80. The highest BCUT2D eigenvalue weighted by Gasteiger charge is 2.74. The largest absolute Gasteiger partial charge is 0.460 e. The highest BCUT2D eigenvalue weighted by Crippen LogP contribution is 2.47. The van der Waals surface area contributed by atoms with Crippen molar-refractivity contribution in [2.45, 2.75) is 68.1 Å². The molecule has 0 N–H and O–H groups in total. The molecule has 0 atom stereocenters. The number of rotatable bonds is 12. The van der Waals surface area contributed by atoms with Crippen LogP contribution in [0.25, 0.3) is 0 Å². The molecular weight excluding hydrogens is 510 g/mol. The average molecular weight is 524 g/mol. The smallest absolute Gasteiger partial charge is 0.459 e. The molecule has 0 rings (SSSR count). The maximum atomic E-state index is 12.9. The molecule has 0 amide bonds. The zero-order chi connectivity index (χ0) is 26.5. The summed E-state index contributed by atoms with van der Waals surface area (Å²) < 4.78 is 181. The van der Waals surface area contributed by atoms with Crippen molar-refractivity contribution in [3.05, 3.63) is 0 Å². The summed E-state index contributed by atoms with van der Waals surface area (Å²) in [7, 11) is 0. The lowest BCUT2D eigenvalue weighted by molar-refractivity contribution is -0.360. The molecule has 0 aliphatic carbocycles. The molecule has 0 aliphatic heterocycles. The summed E-state index contributed by atoms with van der Waals surface area (Å²) in [5, 5.41) is 0. The van der Waals surface area contributed by atoms with Crippen LogP contribution in [0, 0.1) is 0 Å².